The Balaban J connectivity index is 1.63. The van der Waals surface area contributed by atoms with Crippen LogP contribution >= 0.6 is 0 Å². The third-order valence-electron chi connectivity index (χ3n) is 5.02. The third-order valence-corrected chi connectivity index (χ3v) is 5.02. The van der Waals surface area contributed by atoms with Crippen LogP contribution in [0.25, 0.3) is 0 Å². The number of aliphatic hydroxyl groups is 1. The minimum atomic E-state index is -0.597. The van der Waals surface area contributed by atoms with Gasteiger partial charge in [-0.3, -0.25) is 4.90 Å². The van der Waals surface area contributed by atoms with Crippen LogP contribution in [0.5, 0.6) is 5.75 Å². The van der Waals surface area contributed by atoms with Crippen molar-refractivity contribution in [2.24, 2.45) is 5.16 Å². The van der Waals surface area contributed by atoms with Gasteiger partial charge in [-0.25, -0.2) is 0 Å². The highest BCUT2D eigenvalue weighted by atomic mass is 16.6. The average molecular weight is 427 g/mol. The van der Waals surface area contributed by atoms with E-state index in [0.717, 1.165) is 29.0 Å². The molecule has 31 heavy (non-hydrogen) atoms. The summed E-state index contributed by atoms with van der Waals surface area (Å²) < 4.78 is 11.1. The van der Waals surface area contributed by atoms with Crippen LogP contribution in [0.4, 0.5) is 0 Å². The standard InChI is InChI=1S/C25H34N2O4/c1-25(2,3)30-18-21(28)16-27(15-19-9-8-12-22(13-19)29-4)17-23-14-24(26-31-23)20-10-6-5-7-11-20/h5-13,21,23,28H,14-18H2,1-4H3/t21-,23-/m0/s1. The van der Waals surface area contributed by atoms with Crippen molar-refractivity contribution < 1.29 is 19.4 Å². The van der Waals surface area contributed by atoms with Gasteiger partial charge in [-0.2, -0.15) is 0 Å². The van der Waals surface area contributed by atoms with Crippen LogP contribution in [-0.2, 0) is 16.1 Å². The Labute approximate surface area is 185 Å². The second kappa shape index (κ2) is 10.8. The molecule has 0 spiro atoms. The summed E-state index contributed by atoms with van der Waals surface area (Å²) in [6, 6.07) is 18.1. The van der Waals surface area contributed by atoms with E-state index in [9.17, 15) is 5.11 Å². The SMILES string of the molecule is COc1cccc(CN(C[C@H](O)COC(C)(C)C)C[C@@H]2CC(c3ccccc3)=NO2)c1. The van der Waals surface area contributed by atoms with E-state index in [1.54, 1.807) is 7.11 Å². The maximum atomic E-state index is 10.6. The molecule has 0 saturated carbocycles. The predicted octanol–water partition coefficient (Wildman–Crippen LogP) is 3.87. The van der Waals surface area contributed by atoms with E-state index < -0.39 is 6.10 Å². The zero-order chi connectivity index (χ0) is 22.3. The summed E-state index contributed by atoms with van der Waals surface area (Å²) in [6.07, 6.45) is 0.0880. The van der Waals surface area contributed by atoms with Crippen LogP contribution < -0.4 is 4.74 Å². The van der Waals surface area contributed by atoms with Gasteiger partial charge in [0, 0.05) is 26.1 Å². The molecule has 2 aromatic rings. The van der Waals surface area contributed by atoms with Gasteiger partial charge < -0.3 is 19.4 Å². The Morgan fingerprint density at radius 2 is 1.94 bits per heavy atom. The van der Waals surface area contributed by atoms with Crippen molar-refractivity contribution in [3.8, 4) is 5.75 Å². The summed E-state index contributed by atoms with van der Waals surface area (Å²) in [5.41, 5.74) is 2.88. The number of aliphatic hydroxyl groups excluding tert-OH is 1. The van der Waals surface area contributed by atoms with Gasteiger partial charge in [0.25, 0.3) is 0 Å². The van der Waals surface area contributed by atoms with Gasteiger partial charge in [-0.1, -0.05) is 47.6 Å². The molecule has 2 atom stereocenters. The molecule has 168 valence electrons. The lowest BCUT2D eigenvalue weighted by molar-refractivity contribution is -0.0600. The smallest absolute Gasteiger partial charge is 0.145 e. The summed E-state index contributed by atoms with van der Waals surface area (Å²) in [7, 11) is 1.67. The van der Waals surface area contributed by atoms with Crippen molar-refractivity contribution in [3.63, 3.8) is 0 Å². The number of methoxy groups -OCH3 is 1. The molecule has 6 nitrogen and oxygen atoms in total. The summed E-state index contributed by atoms with van der Waals surface area (Å²) in [6.45, 7) is 8.06. The van der Waals surface area contributed by atoms with Gasteiger partial charge in [0.1, 0.15) is 11.9 Å². The predicted molar refractivity (Wildman–Crippen MR) is 122 cm³/mol. The molecule has 0 saturated heterocycles. The quantitative estimate of drug-likeness (QED) is 0.625. The average Bonchev–Trinajstić information content (AvgIpc) is 3.21. The second-order valence-corrected chi connectivity index (χ2v) is 8.96. The molecule has 0 bridgehead atoms. The van der Waals surface area contributed by atoms with Gasteiger partial charge in [-0.05, 0) is 44.0 Å². The highest BCUT2D eigenvalue weighted by molar-refractivity contribution is 6.01. The molecular weight excluding hydrogens is 392 g/mol. The van der Waals surface area contributed by atoms with Crippen LogP contribution in [0.1, 0.15) is 38.3 Å². The fourth-order valence-electron chi connectivity index (χ4n) is 3.54. The lowest BCUT2D eigenvalue weighted by Gasteiger charge is -2.28. The van der Waals surface area contributed by atoms with Gasteiger partial charge >= 0.3 is 0 Å². The van der Waals surface area contributed by atoms with E-state index in [2.05, 4.69) is 16.1 Å². The lowest BCUT2D eigenvalue weighted by atomic mass is 10.0. The van der Waals surface area contributed by atoms with Gasteiger partial charge in [0.05, 0.1) is 31.1 Å². The molecule has 1 aliphatic heterocycles. The number of hydrogen-bond donors (Lipinski definition) is 1. The largest absolute Gasteiger partial charge is 0.497 e. The first-order valence-electron chi connectivity index (χ1n) is 10.8. The minimum absolute atomic E-state index is 0.0588. The van der Waals surface area contributed by atoms with Crippen molar-refractivity contribution in [3.05, 3.63) is 65.7 Å². The van der Waals surface area contributed by atoms with Gasteiger partial charge in [0.15, 0.2) is 0 Å². The van der Waals surface area contributed by atoms with Crippen molar-refractivity contribution >= 4 is 5.71 Å². The van der Waals surface area contributed by atoms with E-state index in [0.29, 0.717) is 19.6 Å². The number of rotatable bonds is 10. The van der Waals surface area contributed by atoms with Crippen LogP contribution in [0.15, 0.2) is 59.8 Å². The van der Waals surface area contributed by atoms with Crippen LogP contribution in [-0.4, -0.2) is 60.3 Å². The highest BCUT2D eigenvalue weighted by Gasteiger charge is 2.26. The molecule has 3 rings (SSSR count). The molecule has 6 heteroatoms. The van der Waals surface area contributed by atoms with Crippen molar-refractivity contribution in [2.75, 3.05) is 26.8 Å². The summed E-state index contributed by atoms with van der Waals surface area (Å²) in [5.74, 6) is 0.820. The normalized spacial score (nSPS) is 17.4. The minimum Gasteiger partial charge on any atom is -0.497 e. The molecule has 2 aromatic carbocycles. The Morgan fingerprint density at radius 1 is 1.16 bits per heavy atom. The first-order valence-corrected chi connectivity index (χ1v) is 10.8. The zero-order valence-electron chi connectivity index (χ0n) is 19.0. The molecular formula is C25H34N2O4. The Kier molecular flexibility index (Phi) is 8.07. The van der Waals surface area contributed by atoms with Crippen LogP contribution in [0.2, 0.25) is 0 Å². The highest BCUT2D eigenvalue weighted by Crippen LogP contribution is 2.20. The topological polar surface area (TPSA) is 63.5 Å². The number of hydrogen-bond acceptors (Lipinski definition) is 6. The van der Waals surface area contributed by atoms with E-state index in [4.69, 9.17) is 14.3 Å². The summed E-state index contributed by atoms with van der Waals surface area (Å²) in [4.78, 5) is 7.93. The number of oxime groups is 1. The second-order valence-electron chi connectivity index (χ2n) is 8.96. The Bertz CT molecular complexity index is 848. The number of ether oxygens (including phenoxy) is 2. The number of nitrogens with zero attached hydrogens (tertiary/aromatic N) is 2. The van der Waals surface area contributed by atoms with Crippen molar-refractivity contribution in [1.82, 2.24) is 4.90 Å². The lowest BCUT2D eigenvalue weighted by Crippen LogP contribution is -2.40. The van der Waals surface area contributed by atoms with Gasteiger partial charge in [0.2, 0.25) is 0 Å². The molecule has 0 aromatic heterocycles. The molecule has 1 N–H and O–H groups in total. The third kappa shape index (κ3) is 7.65. The molecule has 0 aliphatic carbocycles. The van der Waals surface area contributed by atoms with E-state index >= 15 is 0 Å². The molecule has 0 unspecified atom stereocenters. The molecule has 1 heterocycles. The first-order chi connectivity index (χ1) is 14.8. The number of benzene rings is 2. The maximum absolute atomic E-state index is 10.6. The fourth-order valence-corrected chi connectivity index (χ4v) is 3.54. The van der Waals surface area contributed by atoms with E-state index in [1.807, 2.05) is 69.3 Å². The Morgan fingerprint density at radius 3 is 2.65 bits per heavy atom. The molecule has 0 amide bonds. The first kappa shape index (κ1) is 23.3. The van der Waals surface area contributed by atoms with Crippen molar-refractivity contribution in [2.45, 2.75) is 51.5 Å². The zero-order valence-corrected chi connectivity index (χ0v) is 19.0. The molecule has 1 aliphatic rings. The fraction of sp³-hybridized carbons (Fsp3) is 0.480. The van der Waals surface area contributed by atoms with Crippen LogP contribution in [0, 0.1) is 0 Å². The summed E-state index contributed by atoms with van der Waals surface area (Å²) in [5, 5.41) is 14.9. The van der Waals surface area contributed by atoms with Gasteiger partial charge in [-0.15, -0.1) is 0 Å². The molecule has 0 radical (unpaired) electrons. The molecule has 0 fully saturated rings. The van der Waals surface area contributed by atoms with Crippen molar-refractivity contribution in [1.29, 1.82) is 0 Å². The van der Waals surface area contributed by atoms with Crippen LogP contribution in [0.3, 0.4) is 0 Å². The Hall–Kier alpha value is -2.41. The monoisotopic (exact) mass is 426 g/mol. The maximum Gasteiger partial charge on any atom is 0.145 e. The summed E-state index contributed by atoms with van der Waals surface area (Å²) >= 11 is 0. The van der Waals surface area contributed by atoms with E-state index in [-0.39, 0.29) is 18.3 Å². The van der Waals surface area contributed by atoms with E-state index in [1.165, 1.54) is 0 Å².